The maximum atomic E-state index is 13.0. The summed E-state index contributed by atoms with van der Waals surface area (Å²) < 4.78 is 13.6. The first-order valence-electron chi connectivity index (χ1n) is 14.8. The van der Waals surface area contributed by atoms with Crippen LogP contribution in [0.2, 0.25) is 0 Å². The molecule has 44 heavy (non-hydrogen) atoms. The van der Waals surface area contributed by atoms with E-state index in [0.29, 0.717) is 39.0 Å². The normalized spacial score (nSPS) is 13.5. The summed E-state index contributed by atoms with van der Waals surface area (Å²) in [4.78, 5) is 32.6. The van der Waals surface area contributed by atoms with Gasteiger partial charge >= 0.3 is 11.8 Å². The number of likely N-dealkylation sites (tertiary alicyclic amines) is 1. The van der Waals surface area contributed by atoms with E-state index in [2.05, 4.69) is 34.1 Å². The second-order valence-electron chi connectivity index (χ2n) is 10.9. The fraction of sp³-hybridized carbons (Fsp3) is 0.257. The van der Waals surface area contributed by atoms with Crippen LogP contribution in [-0.2, 0) is 17.8 Å². The van der Waals surface area contributed by atoms with Gasteiger partial charge in [0.1, 0.15) is 18.1 Å². The minimum absolute atomic E-state index is 0. The van der Waals surface area contributed by atoms with Gasteiger partial charge in [-0.1, -0.05) is 72.8 Å². The maximum absolute atomic E-state index is 13.0. The molecule has 9 heteroatoms. The molecule has 0 aliphatic carbocycles. The number of nitrogens with one attached hydrogen (secondary N) is 1. The first kappa shape index (κ1) is 30.9. The van der Waals surface area contributed by atoms with E-state index in [0.717, 1.165) is 34.6 Å². The molecule has 1 aliphatic heterocycles. The molecule has 1 fully saturated rings. The van der Waals surface area contributed by atoms with Crippen molar-refractivity contribution in [3.63, 3.8) is 0 Å². The zero-order valence-corrected chi connectivity index (χ0v) is 25.3. The highest BCUT2D eigenvalue weighted by molar-refractivity contribution is 5.85. The summed E-state index contributed by atoms with van der Waals surface area (Å²) in [5.74, 6) is 1.58. The fourth-order valence-electron chi connectivity index (χ4n) is 5.74. The number of halogens is 1. The highest BCUT2D eigenvalue weighted by Gasteiger charge is 2.27. The van der Waals surface area contributed by atoms with E-state index in [1.807, 2.05) is 89.5 Å². The van der Waals surface area contributed by atoms with Crippen molar-refractivity contribution in [2.75, 3.05) is 26.2 Å². The lowest BCUT2D eigenvalue weighted by Gasteiger charge is -2.32. The van der Waals surface area contributed by atoms with Gasteiger partial charge in [0, 0.05) is 38.8 Å². The molecule has 2 heterocycles. The smallest absolute Gasteiger partial charge is 0.409 e. The number of amides is 1. The van der Waals surface area contributed by atoms with E-state index in [-0.39, 0.29) is 36.8 Å². The second kappa shape index (κ2) is 14.8. The Morgan fingerprint density at radius 1 is 0.795 bits per heavy atom. The lowest BCUT2D eigenvalue weighted by atomic mass is 10.0. The number of carbonyl (C=O) groups excluding carboxylic acids is 1. The number of nitrogens with zero attached hydrogens (tertiary/aromatic N) is 3. The summed E-state index contributed by atoms with van der Waals surface area (Å²) in [6.45, 7) is 3.39. The van der Waals surface area contributed by atoms with Crippen molar-refractivity contribution in [2.24, 2.45) is 0 Å². The number of hydrogen-bond acceptors (Lipinski definition) is 5. The number of aromatic nitrogens is 2. The van der Waals surface area contributed by atoms with Crippen LogP contribution in [0, 0.1) is 0 Å². The lowest BCUT2D eigenvalue weighted by Crippen LogP contribution is -2.41. The summed E-state index contributed by atoms with van der Waals surface area (Å²) in [5, 5.41) is 0. The predicted octanol–water partition coefficient (Wildman–Crippen LogP) is 7.02. The summed E-state index contributed by atoms with van der Waals surface area (Å²) in [7, 11) is 0. The first-order chi connectivity index (χ1) is 21.1. The maximum Gasteiger partial charge on any atom is 0.409 e. The van der Waals surface area contributed by atoms with Crippen LogP contribution in [-0.4, -0.2) is 51.7 Å². The minimum atomic E-state index is -0.303. The SMILES string of the molecule is Cl.O=C(OCCN(Cc1ccccc1)Cc1cccc(Oc2ccccc2)c1)N1CCC(n2c(=O)[nH]c3ccccc32)CC1. The number of benzene rings is 4. The van der Waals surface area contributed by atoms with Crippen molar-refractivity contribution in [1.29, 1.82) is 0 Å². The Bertz CT molecular complexity index is 1700. The second-order valence-corrected chi connectivity index (χ2v) is 10.9. The Morgan fingerprint density at radius 2 is 1.43 bits per heavy atom. The molecular weight excluding hydrogens is 576 g/mol. The number of H-pyrrole nitrogens is 1. The molecule has 6 rings (SSSR count). The molecule has 5 aromatic rings. The number of fused-ring (bicyclic) bond motifs is 1. The number of carbonyl (C=O) groups is 1. The fourth-order valence-corrected chi connectivity index (χ4v) is 5.74. The Labute approximate surface area is 263 Å². The highest BCUT2D eigenvalue weighted by Crippen LogP contribution is 2.26. The molecule has 0 unspecified atom stereocenters. The number of para-hydroxylation sites is 3. The van der Waals surface area contributed by atoms with E-state index in [1.54, 1.807) is 4.90 Å². The number of aromatic amines is 1. The molecule has 1 aliphatic rings. The Kier molecular flexibility index (Phi) is 10.4. The third-order valence-corrected chi connectivity index (χ3v) is 7.88. The predicted molar refractivity (Wildman–Crippen MR) is 175 cm³/mol. The van der Waals surface area contributed by atoms with Crippen molar-refractivity contribution >= 4 is 29.5 Å². The van der Waals surface area contributed by atoms with Gasteiger partial charge in [-0.15, -0.1) is 12.4 Å². The summed E-state index contributed by atoms with van der Waals surface area (Å²) in [6.07, 6.45) is 1.11. The van der Waals surface area contributed by atoms with E-state index in [9.17, 15) is 9.59 Å². The molecule has 0 atom stereocenters. The van der Waals surface area contributed by atoms with Gasteiger partial charge in [0.15, 0.2) is 0 Å². The van der Waals surface area contributed by atoms with Gasteiger partial charge < -0.3 is 19.4 Å². The van der Waals surface area contributed by atoms with Crippen molar-refractivity contribution in [3.05, 3.63) is 131 Å². The van der Waals surface area contributed by atoms with Gasteiger partial charge in [0.25, 0.3) is 0 Å². The van der Waals surface area contributed by atoms with Crippen LogP contribution in [0.4, 0.5) is 4.79 Å². The van der Waals surface area contributed by atoms with Gasteiger partial charge in [0.05, 0.1) is 11.0 Å². The van der Waals surface area contributed by atoms with Gasteiger partial charge in [-0.3, -0.25) is 9.47 Å². The van der Waals surface area contributed by atoms with Gasteiger partial charge in [-0.25, -0.2) is 9.59 Å². The molecular formula is C35H37ClN4O4. The third-order valence-electron chi connectivity index (χ3n) is 7.88. The number of imidazole rings is 1. The van der Waals surface area contributed by atoms with E-state index in [1.165, 1.54) is 5.56 Å². The first-order valence-corrected chi connectivity index (χ1v) is 14.8. The molecule has 0 saturated carbocycles. The number of piperidine rings is 1. The molecule has 1 aromatic heterocycles. The number of rotatable bonds is 10. The van der Waals surface area contributed by atoms with Crippen molar-refractivity contribution in [1.82, 2.24) is 19.4 Å². The van der Waals surface area contributed by atoms with Gasteiger partial charge in [-0.05, 0) is 60.4 Å². The molecule has 0 radical (unpaired) electrons. The Balaban J connectivity index is 0.00000384. The van der Waals surface area contributed by atoms with Crippen LogP contribution in [0.25, 0.3) is 11.0 Å². The van der Waals surface area contributed by atoms with Crippen LogP contribution in [0.1, 0.15) is 30.0 Å². The van der Waals surface area contributed by atoms with Crippen molar-refractivity contribution < 1.29 is 14.3 Å². The Hall–Kier alpha value is -4.53. The molecule has 228 valence electrons. The average Bonchev–Trinajstić information content (AvgIpc) is 3.38. The molecule has 0 bridgehead atoms. The lowest BCUT2D eigenvalue weighted by molar-refractivity contribution is 0.0769. The van der Waals surface area contributed by atoms with Crippen molar-refractivity contribution in [2.45, 2.75) is 32.0 Å². The van der Waals surface area contributed by atoms with Gasteiger partial charge in [0.2, 0.25) is 0 Å². The molecule has 1 saturated heterocycles. The highest BCUT2D eigenvalue weighted by atomic mass is 35.5. The third kappa shape index (κ3) is 7.70. The van der Waals surface area contributed by atoms with Crippen LogP contribution >= 0.6 is 12.4 Å². The van der Waals surface area contributed by atoms with Gasteiger partial charge in [-0.2, -0.15) is 0 Å². The molecule has 1 N–H and O–H groups in total. The Morgan fingerprint density at radius 3 is 2.20 bits per heavy atom. The van der Waals surface area contributed by atoms with Crippen LogP contribution in [0.5, 0.6) is 11.5 Å². The summed E-state index contributed by atoms with van der Waals surface area (Å²) in [6, 6.07) is 35.9. The average molecular weight is 613 g/mol. The number of ether oxygens (including phenoxy) is 2. The minimum Gasteiger partial charge on any atom is -0.457 e. The zero-order chi connectivity index (χ0) is 29.4. The van der Waals surface area contributed by atoms with Crippen LogP contribution in [0.3, 0.4) is 0 Å². The van der Waals surface area contributed by atoms with Crippen molar-refractivity contribution in [3.8, 4) is 11.5 Å². The number of hydrogen-bond donors (Lipinski definition) is 1. The largest absolute Gasteiger partial charge is 0.457 e. The summed E-state index contributed by atoms with van der Waals surface area (Å²) >= 11 is 0. The molecule has 1 amide bonds. The summed E-state index contributed by atoms with van der Waals surface area (Å²) in [5.41, 5.74) is 3.96. The molecule has 0 spiro atoms. The topological polar surface area (TPSA) is 79.8 Å². The molecule has 4 aromatic carbocycles. The zero-order valence-electron chi connectivity index (χ0n) is 24.5. The standard InChI is InChI=1S/C35H36N4O4.ClH/c40-34-36-32-16-7-8-17-33(32)39(34)29-18-20-38(21-19-29)35(41)42-23-22-37(25-27-10-3-1-4-11-27)26-28-12-9-15-31(24-28)43-30-13-5-2-6-14-30;/h1-17,24,29H,18-23,25-26H2,(H,36,40);1H. The van der Waals surface area contributed by atoms with Crippen LogP contribution in [0.15, 0.2) is 114 Å². The van der Waals surface area contributed by atoms with E-state index >= 15 is 0 Å². The van der Waals surface area contributed by atoms with Crippen LogP contribution < -0.4 is 10.4 Å². The monoisotopic (exact) mass is 612 g/mol. The molecule has 8 nitrogen and oxygen atoms in total. The van der Waals surface area contributed by atoms with E-state index in [4.69, 9.17) is 9.47 Å². The van der Waals surface area contributed by atoms with E-state index < -0.39 is 0 Å². The quantitative estimate of drug-likeness (QED) is 0.183.